The molecule has 2 saturated heterocycles. The SMILES string of the molecule is CCC1(C(=O)O)CCN(C(=O)N2CCCC2C)CC1. The first-order valence-electron chi connectivity index (χ1n) is 7.29. The van der Waals surface area contributed by atoms with Crippen molar-refractivity contribution in [2.75, 3.05) is 19.6 Å². The molecule has 2 aliphatic rings. The van der Waals surface area contributed by atoms with Crippen molar-refractivity contribution in [3.8, 4) is 0 Å². The van der Waals surface area contributed by atoms with Crippen LogP contribution >= 0.6 is 0 Å². The summed E-state index contributed by atoms with van der Waals surface area (Å²) in [7, 11) is 0. The van der Waals surface area contributed by atoms with Crippen molar-refractivity contribution in [3.63, 3.8) is 0 Å². The van der Waals surface area contributed by atoms with Crippen LogP contribution in [0.4, 0.5) is 4.79 Å². The second-order valence-corrected chi connectivity index (χ2v) is 5.89. The van der Waals surface area contributed by atoms with Crippen LogP contribution in [0.1, 0.15) is 46.0 Å². The van der Waals surface area contributed by atoms with E-state index in [1.165, 1.54) is 0 Å². The van der Waals surface area contributed by atoms with Gasteiger partial charge in [-0.05, 0) is 39.0 Å². The molecule has 0 aliphatic carbocycles. The fourth-order valence-electron chi connectivity index (χ4n) is 3.24. The summed E-state index contributed by atoms with van der Waals surface area (Å²) in [4.78, 5) is 27.5. The van der Waals surface area contributed by atoms with E-state index in [-0.39, 0.29) is 6.03 Å². The van der Waals surface area contributed by atoms with Gasteiger partial charge >= 0.3 is 12.0 Å². The Bertz CT molecular complexity index is 362. The highest BCUT2D eigenvalue weighted by Gasteiger charge is 2.42. The van der Waals surface area contributed by atoms with Gasteiger partial charge in [0.25, 0.3) is 0 Å². The average molecular weight is 268 g/mol. The van der Waals surface area contributed by atoms with Crippen molar-refractivity contribution in [3.05, 3.63) is 0 Å². The molecule has 1 unspecified atom stereocenters. The minimum atomic E-state index is -0.711. The Kier molecular flexibility index (Phi) is 4.02. The molecule has 0 aromatic carbocycles. The molecule has 0 radical (unpaired) electrons. The predicted octanol–water partition coefficient (Wildman–Crippen LogP) is 2.17. The van der Waals surface area contributed by atoms with E-state index < -0.39 is 11.4 Å². The molecule has 1 N–H and O–H groups in total. The fourth-order valence-corrected chi connectivity index (χ4v) is 3.24. The molecule has 2 rings (SSSR count). The molecule has 19 heavy (non-hydrogen) atoms. The average Bonchev–Trinajstić information content (AvgIpc) is 2.84. The van der Waals surface area contributed by atoms with Crippen molar-refractivity contribution in [1.29, 1.82) is 0 Å². The molecule has 0 saturated carbocycles. The molecule has 2 amide bonds. The summed E-state index contributed by atoms with van der Waals surface area (Å²) in [6, 6.07) is 0.421. The Balaban J connectivity index is 1.96. The van der Waals surface area contributed by atoms with E-state index in [4.69, 9.17) is 0 Å². The molecular weight excluding hydrogens is 244 g/mol. The van der Waals surface area contributed by atoms with Crippen molar-refractivity contribution in [1.82, 2.24) is 9.80 Å². The standard InChI is InChI=1S/C14H24N2O3/c1-3-14(12(17)18)6-9-15(10-7-14)13(19)16-8-4-5-11(16)2/h11H,3-10H2,1-2H3,(H,17,18). The van der Waals surface area contributed by atoms with Gasteiger partial charge in [0.1, 0.15) is 0 Å². The highest BCUT2D eigenvalue weighted by atomic mass is 16.4. The third-order valence-corrected chi connectivity index (χ3v) is 4.92. The number of piperidine rings is 1. The third-order valence-electron chi connectivity index (χ3n) is 4.92. The Hall–Kier alpha value is -1.26. The highest BCUT2D eigenvalue weighted by Crippen LogP contribution is 2.35. The smallest absolute Gasteiger partial charge is 0.320 e. The summed E-state index contributed by atoms with van der Waals surface area (Å²) in [5.41, 5.74) is -0.618. The van der Waals surface area contributed by atoms with Crippen molar-refractivity contribution in [2.24, 2.45) is 5.41 Å². The predicted molar refractivity (Wildman–Crippen MR) is 72.0 cm³/mol. The number of carbonyl (C=O) groups is 2. The lowest BCUT2D eigenvalue weighted by molar-refractivity contribution is -0.152. The number of carboxylic acid groups (broad SMARTS) is 1. The summed E-state index contributed by atoms with van der Waals surface area (Å²) in [5, 5.41) is 9.35. The number of likely N-dealkylation sites (tertiary alicyclic amines) is 2. The molecule has 0 spiro atoms. The maximum atomic E-state index is 12.4. The molecule has 2 heterocycles. The number of carboxylic acids is 1. The van der Waals surface area contributed by atoms with Gasteiger partial charge in [0.2, 0.25) is 0 Å². The Morgan fingerprint density at radius 2 is 1.89 bits per heavy atom. The van der Waals surface area contributed by atoms with Crippen LogP contribution in [0.15, 0.2) is 0 Å². The van der Waals surface area contributed by atoms with Gasteiger partial charge in [-0.25, -0.2) is 4.79 Å². The zero-order valence-electron chi connectivity index (χ0n) is 11.9. The molecular formula is C14H24N2O3. The van der Waals surface area contributed by atoms with Crippen LogP contribution in [0.3, 0.4) is 0 Å². The van der Waals surface area contributed by atoms with Gasteiger partial charge in [0.15, 0.2) is 0 Å². The Morgan fingerprint density at radius 3 is 2.32 bits per heavy atom. The number of amides is 2. The van der Waals surface area contributed by atoms with E-state index in [2.05, 4.69) is 6.92 Å². The lowest BCUT2D eigenvalue weighted by Crippen LogP contribution is -2.51. The summed E-state index contributed by atoms with van der Waals surface area (Å²) in [5.74, 6) is -0.711. The second kappa shape index (κ2) is 5.39. The van der Waals surface area contributed by atoms with E-state index in [0.29, 0.717) is 38.4 Å². The molecule has 0 aromatic heterocycles. The van der Waals surface area contributed by atoms with Crippen LogP contribution in [0.5, 0.6) is 0 Å². The normalized spacial score (nSPS) is 26.5. The number of hydrogen-bond acceptors (Lipinski definition) is 2. The first kappa shape index (κ1) is 14.2. The van der Waals surface area contributed by atoms with E-state index in [9.17, 15) is 14.7 Å². The van der Waals surface area contributed by atoms with Crippen molar-refractivity contribution < 1.29 is 14.7 Å². The molecule has 0 aromatic rings. The fraction of sp³-hybridized carbons (Fsp3) is 0.857. The zero-order chi connectivity index (χ0) is 14.0. The molecule has 108 valence electrons. The number of rotatable bonds is 2. The first-order chi connectivity index (χ1) is 9.00. The second-order valence-electron chi connectivity index (χ2n) is 5.89. The molecule has 0 bridgehead atoms. The van der Waals surface area contributed by atoms with Crippen molar-refractivity contribution in [2.45, 2.75) is 52.0 Å². The number of aliphatic carboxylic acids is 1. The van der Waals surface area contributed by atoms with Gasteiger partial charge in [-0.1, -0.05) is 6.92 Å². The summed E-state index contributed by atoms with van der Waals surface area (Å²) in [6.07, 6.45) is 3.95. The van der Waals surface area contributed by atoms with Gasteiger partial charge in [-0.15, -0.1) is 0 Å². The van der Waals surface area contributed by atoms with E-state index in [1.807, 2.05) is 16.7 Å². The zero-order valence-corrected chi connectivity index (χ0v) is 11.9. The van der Waals surface area contributed by atoms with Crippen molar-refractivity contribution >= 4 is 12.0 Å². The third kappa shape index (κ3) is 2.55. The number of nitrogens with zero attached hydrogens (tertiary/aromatic N) is 2. The van der Waals surface area contributed by atoms with Crippen LogP contribution in [0, 0.1) is 5.41 Å². The van der Waals surface area contributed by atoms with E-state index in [1.54, 1.807) is 0 Å². The molecule has 1 atom stereocenters. The van der Waals surface area contributed by atoms with Crippen LogP contribution in [0.2, 0.25) is 0 Å². The quantitative estimate of drug-likeness (QED) is 0.835. The summed E-state index contributed by atoms with van der Waals surface area (Å²) < 4.78 is 0. The first-order valence-corrected chi connectivity index (χ1v) is 7.29. The van der Waals surface area contributed by atoms with Crippen LogP contribution < -0.4 is 0 Å². The maximum Gasteiger partial charge on any atom is 0.320 e. The Labute approximate surface area is 114 Å². The Morgan fingerprint density at radius 1 is 1.26 bits per heavy atom. The molecule has 5 heteroatoms. The topological polar surface area (TPSA) is 60.9 Å². The van der Waals surface area contributed by atoms with Gasteiger partial charge in [-0.3, -0.25) is 4.79 Å². The van der Waals surface area contributed by atoms with Gasteiger partial charge in [0, 0.05) is 25.7 Å². The lowest BCUT2D eigenvalue weighted by atomic mass is 9.76. The summed E-state index contributed by atoms with van der Waals surface area (Å²) in [6.45, 7) is 6.00. The summed E-state index contributed by atoms with van der Waals surface area (Å²) >= 11 is 0. The maximum absolute atomic E-state index is 12.4. The monoisotopic (exact) mass is 268 g/mol. The highest BCUT2D eigenvalue weighted by molar-refractivity contribution is 5.77. The minimum Gasteiger partial charge on any atom is -0.481 e. The lowest BCUT2D eigenvalue weighted by Gasteiger charge is -2.40. The van der Waals surface area contributed by atoms with Gasteiger partial charge in [-0.2, -0.15) is 0 Å². The van der Waals surface area contributed by atoms with Gasteiger partial charge < -0.3 is 14.9 Å². The molecule has 5 nitrogen and oxygen atoms in total. The number of hydrogen-bond donors (Lipinski definition) is 1. The number of urea groups is 1. The van der Waals surface area contributed by atoms with E-state index >= 15 is 0 Å². The molecule has 2 aliphatic heterocycles. The largest absolute Gasteiger partial charge is 0.481 e. The minimum absolute atomic E-state index is 0.0973. The molecule has 2 fully saturated rings. The number of carbonyl (C=O) groups excluding carboxylic acids is 1. The van der Waals surface area contributed by atoms with Gasteiger partial charge in [0.05, 0.1) is 5.41 Å². The van der Waals surface area contributed by atoms with Crippen LogP contribution in [0.25, 0.3) is 0 Å². The van der Waals surface area contributed by atoms with Crippen LogP contribution in [-0.2, 0) is 4.79 Å². The van der Waals surface area contributed by atoms with Crippen LogP contribution in [-0.4, -0.2) is 52.6 Å². The van der Waals surface area contributed by atoms with E-state index in [0.717, 1.165) is 19.4 Å².